The quantitative estimate of drug-likeness (QED) is 0.732. The number of fused-ring (bicyclic) bond motifs is 1. The van der Waals surface area contributed by atoms with Crippen molar-refractivity contribution in [3.8, 4) is 5.75 Å². The van der Waals surface area contributed by atoms with Crippen LogP contribution >= 0.6 is 0 Å². The van der Waals surface area contributed by atoms with Gasteiger partial charge in [-0.3, -0.25) is 0 Å². The van der Waals surface area contributed by atoms with Crippen LogP contribution in [0, 0.1) is 12.8 Å². The van der Waals surface area contributed by atoms with Crippen molar-refractivity contribution in [3.63, 3.8) is 0 Å². The van der Waals surface area contributed by atoms with Gasteiger partial charge in [0.05, 0.1) is 13.2 Å². The zero-order chi connectivity index (χ0) is 16.1. The van der Waals surface area contributed by atoms with E-state index in [0.717, 1.165) is 31.6 Å². The van der Waals surface area contributed by atoms with E-state index in [1.807, 2.05) is 0 Å². The van der Waals surface area contributed by atoms with Crippen LogP contribution in [0.3, 0.4) is 0 Å². The molecule has 2 spiro atoms. The first kappa shape index (κ1) is 14.1. The van der Waals surface area contributed by atoms with Crippen LogP contribution in [0.1, 0.15) is 36.0 Å². The Balaban J connectivity index is 1.63. The largest absolute Gasteiger partial charge is 0.483 e. The van der Waals surface area contributed by atoms with E-state index in [9.17, 15) is 0 Å². The third-order valence-corrected chi connectivity index (χ3v) is 7.59. The monoisotopic (exact) mass is 327 g/mol. The topological polar surface area (TPSA) is 30.9 Å². The molecule has 4 nitrogen and oxygen atoms in total. The van der Waals surface area contributed by atoms with Crippen molar-refractivity contribution >= 4 is 0 Å². The number of hydrogen-bond acceptors (Lipinski definition) is 4. The molecule has 2 saturated heterocycles. The van der Waals surface area contributed by atoms with Crippen LogP contribution in [0.5, 0.6) is 5.75 Å². The molecule has 5 aliphatic rings. The standard InChI is InChI=1S/C20H25NO3/c1-12-3-4-13-11-15-14-5-6-20(22-9-10-23-20)18-19(14,7-8-21(15)2)16(13)17(12)24-18/h3-4,14-15,18H,5-11H2,1-2H3/t14-,15?,18+,19-/m1/s1. The second kappa shape index (κ2) is 4.35. The first-order valence-electron chi connectivity index (χ1n) is 9.43. The van der Waals surface area contributed by atoms with Gasteiger partial charge in [-0.05, 0) is 56.8 Å². The molecule has 1 aromatic carbocycles. The van der Waals surface area contributed by atoms with E-state index in [4.69, 9.17) is 14.2 Å². The lowest BCUT2D eigenvalue weighted by Crippen LogP contribution is -2.69. The molecular formula is C20H25NO3. The Morgan fingerprint density at radius 1 is 1.17 bits per heavy atom. The summed E-state index contributed by atoms with van der Waals surface area (Å²) in [5, 5.41) is 0. The molecule has 3 fully saturated rings. The lowest BCUT2D eigenvalue weighted by atomic mass is 9.50. The minimum absolute atomic E-state index is 0.0256. The van der Waals surface area contributed by atoms with Crippen molar-refractivity contribution in [2.24, 2.45) is 5.92 Å². The maximum Gasteiger partial charge on any atom is 0.206 e. The lowest BCUT2D eigenvalue weighted by molar-refractivity contribution is -0.260. The fourth-order valence-corrected chi connectivity index (χ4v) is 6.62. The van der Waals surface area contributed by atoms with E-state index < -0.39 is 5.79 Å². The highest BCUT2D eigenvalue weighted by Crippen LogP contribution is 2.65. The molecule has 2 aliphatic carbocycles. The van der Waals surface area contributed by atoms with Crippen LogP contribution in [0.2, 0.25) is 0 Å². The van der Waals surface area contributed by atoms with E-state index in [-0.39, 0.29) is 11.5 Å². The summed E-state index contributed by atoms with van der Waals surface area (Å²) in [4.78, 5) is 2.59. The fraction of sp³-hybridized carbons (Fsp3) is 0.700. The smallest absolute Gasteiger partial charge is 0.206 e. The molecular weight excluding hydrogens is 302 g/mol. The first-order chi connectivity index (χ1) is 11.7. The average molecular weight is 327 g/mol. The summed E-state index contributed by atoms with van der Waals surface area (Å²) in [7, 11) is 2.30. The van der Waals surface area contributed by atoms with Gasteiger partial charge >= 0.3 is 0 Å². The molecule has 0 amide bonds. The number of ether oxygens (including phenoxy) is 3. The van der Waals surface area contributed by atoms with Crippen LogP contribution in [-0.4, -0.2) is 49.6 Å². The zero-order valence-corrected chi connectivity index (χ0v) is 14.5. The maximum absolute atomic E-state index is 6.71. The second-order valence-corrected chi connectivity index (χ2v) is 8.44. The van der Waals surface area contributed by atoms with Crippen LogP contribution in [-0.2, 0) is 21.3 Å². The molecule has 1 aromatic rings. The second-order valence-electron chi connectivity index (χ2n) is 8.44. The Morgan fingerprint density at radius 2 is 2.00 bits per heavy atom. The van der Waals surface area contributed by atoms with Crippen LogP contribution in [0.15, 0.2) is 12.1 Å². The van der Waals surface area contributed by atoms with Crippen molar-refractivity contribution < 1.29 is 14.2 Å². The zero-order valence-electron chi connectivity index (χ0n) is 14.5. The lowest BCUT2D eigenvalue weighted by Gasteiger charge is -2.60. The molecule has 0 N–H and O–H groups in total. The molecule has 0 radical (unpaired) electrons. The van der Waals surface area contributed by atoms with Crippen LogP contribution in [0.25, 0.3) is 0 Å². The Labute approximate surface area is 143 Å². The van der Waals surface area contributed by atoms with Gasteiger partial charge in [-0.2, -0.15) is 0 Å². The minimum atomic E-state index is -0.517. The summed E-state index contributed by atoms with van der Waals surface area (Å²) in [5.41, 5.74) is 4.37. The van der Waals surface area contributed by atoms with Gasteiger partial charge in [-0.15, -0.1) is 0 Å². The van der Waals surface area contributed by atoms with Gasteiger partial charge < -0.3 is 19.1 Å². The Kier molecular flexibility index (Phi) is 2.56. The van der Waals surface area contributed by atoms with Crippen LogP contribution in [0.4, 0.5) is 0 Å². The van der Waals surface area contributed by atoms with Crippen molar-refractivity contribution in [1.29, 1.82) is 0 Å². The van der Waals surface area contributed by atoms with Crippen molar-refractivity contribution in [2.45, 2.75) is 56.0 Å². The van der Waals surface area contributed by atoms with E-state index in [1.54, 1.807) is 0 Å². The molecule has 0 aromatic heterocycles. The highest BCUT2D eigenvalue weighted by atomic mass is 16.8. The molecule has 24 heavy (non-hydrogen) atoms. The maximum atomic E-state index is 6.71. The normalized spacial score (nSPS) is 41.3. The summed E-state index contributed by atoms with van der Waals surface area (Å²) in [5.74, 6) is 1.29. The number of likely N-dealkylation sites (tertiary alicyclic amines) is 1. The molecule has 3 aliphatic heterocycles. The number of likely N-dealkylation sites (N-methyl/N-ethyl adjacent to an activating group) is 1. The van der Waals surface area contributed by atoms with E-state index in [0.29, 0.717) is 25.2 Å². The average Bonchev–Trinajstić information content (AvgIpc) is 3.18. The van der Waals surface area contributed by atoms with Crippen molar-refractivity contribution in [3.05, 3.63) is 28.8 Å². The number of rotatable bonds is 0. The van der Waals surface area contributed by atoms with Crippen molar-refractivity contribution in [1.82, 2.24) is 4.90 Å². The molecule has 4 atom stereocenters. The van der Waals surface area contributed by atoms with Crippen molar-refractivity contribution in [2.75, 3.05) is 26.8 Å². The summed E-state index contributed by atoms with van der Waals surface area (Å²) >= 11 is 0. The summed E-state index contributed by atoms with van der Waals surface area (Å²) < 4.78 is 19.2. The molecule has 1 saturated carbocycles. The van der Waals surface area contributed by atoms with E-state index in [1.165, 1.54) is 23.1 Å². The molecule has 2 bridgehead atoms. The highest BCUT2D eigenvalue weighted by molar-refractivity contribution is 5.58. The van der Waals surface area contributed by atoms with Gasteiger partial charge in [-0.25, -0.2) is 0 Å². The molecule has 1 unspecified atom stereocenters. The van der Waals surface area contributed by atoms with Crippen LogP contribution < -0.4 is 4.74 Å². The predicted molar refractivity (Wildman–Crippen MR) is 89.4 cm³/mol. The van der Waals surface area contributed by atoms with E-state index >= 15 is 0 Å². The van der Waals surface area contributed by atoms with Gasteiger partial charge in [0.2, 0.25) is 5.79 Å². The van der Waals surface area contributed by atoms with E-state index in [2.05, 4.69) is 31.0 Å². The predicted octanol–water partition coefficient (Wildman–Crippen LogP) is 2.41. The SMILES string of the molecule is Cc1ccc2c3c1O[C@@H]1C4(CC[C@@H]5C(C2)N(C)CC[C@]351)OCCO4. The number of nitrogens with zero attached hydrogens (tertiary/aromatic N) is 1. The number of hydrogen-bond donors (Lipinski definition) is 0. The minimum Gasteiger partial charge on any atom is -0.483 e. The Bertz CT molecular complexity index is 726. The molecule has 6 rings (SSSR count). The van der Waals surface area contributed by atoms with Gasteiger partial charge in [0.15, 0.2) is 6.10 Å². The summed E-state index contributed by atoms with van der Waals surface area (Å²) in [6, 6.07) is 5.22. The number of benzene rings is 1. The van der Waals surface area contributed by atoms with Gasteiger partial charge in [0.1, 0.15) is 5.75 Å². The highest BCUT2D eigenvalue weighted by Gasteiger charge is 2.70. The third-order valence-electron chi connectivity index (χ3n) is 7.59. The number of aryl methyl sites for hydroxylation is 1. The Morgan fingerprint density at radius 3 is 2.83 bits per heavy atom. The summed E-state index contributed by atoms with van der Waals surface area (Å²) in [6.07, 6.45) is 4.50. The molecule has 4 heteroatoms. The van der Waals surface area contributed by atoms with Gasteiger partial charge in [-0.1, -0.05) is 12.1 Å². The molecule has 128 valence electrons. The number of piperidine rings is 1. The Hall–Kier alpha value is -1.10. The van der Waals surface area contributed by atoms with Gasteiger partial charge in [0, 0.05) is 23.4 Å². The van der Waals surface area contributed by atoms with Gasteiger partial charge in [0.25, 0.3) is 0 Å². The fourth-order valence-electron chi connectivity index (χ4n) is 6.62. The first-order valence-corrected chi connectivity index (χ1v) is 9.43. The third kappa shape index (κ3) is 1.40. The molecule has 3 heterocycles. The summed E-state index contributed by atoms with van der Waals surface area (Å²) in [6.45, 7) is 4.73.